The van der Waals surface area contributed by atoms with Crippen molar-refractivity contribution in [2.75, 3.05) is 13.1 Å². The van der Waals surface area contributed by atoms with Gasteiger partial charge in [-0.3, -0.25) is 14.4 Å². The summed E-state index contributed by atoms with van der Waals surface area (Å²) >= 11 is 0. The molecule has 148 valence electrons. The molecule has 0 aliphatic heterocycles. The Labute approximate surface area is 165 Å². The summed E-state index contributed by atoms with van der Waals surface area (Å²) in [5, 5.41) is 5.43. The average molecular weight is 381 g/mol. The summed E-state index contributed by atoms with van der Waals surface area (Å²) in [7, 11) is 0. The van der Waals surface area contributed by atoms with Gasteiger partial charge in [0.2, 0.25) is 11.8 Å². The van der Waals surface area contributed by atoms with Gasteiger partial charge < -0.3 is 15.5 Å². The third-order valence-electron chi connectivity index (χ3n) is 4.29. The standard InChI is InChI=1S/C22H27N3O3/c1-3-25(16-18-10-6-4-7-11-18)21(27)15-23-20(26)14-17(2)24-22(28)19-12-8-5-9-13-19/h4-13,17H,3,14-16H2,1-2H3,(H,23,26)(H,24,28). The van der Waals surface area contributed by atoms with Crippen LogP contribution in [0.2, 0.25) is 0 Å². The van der Waals surface area contributed by atoms with Gasteiger partial charge in [-0.1, -0.05) is 48.5 Å². The van der Waals surface area contributed by atoms with Gasteiger partial charge in [0.1, 0.15) is 0 Å². The highest BCUT2D eigenvalue weighted by atomic mass is 16.2. The van der Waals surface area contributed by atoms with Crippen molar-refractivity contribution in [2.45, 2.75) is 32.9 Å². The molecular weight excluding hydrogens is 354 g/mol. The molecule has 0 fully saturated rings. The van der Waals surface area contributed by atoms with Gasteiger partial charge >= 0.3 is 0 Å². The maximum absolute atomic E-state index is 12.4. The van der Waals surface area contributed by atoms with Crippen LogP contribution >= 0.6 is 0 Å². The zero-order valence-corrected chi connectivity index (χ0v) is 16.4. The van der Waals surface area contributed by atoms with Crippen LogP contribution in [0.3, 0.4) is 0 Å². The van der Waals surface area contributed by atoms with Gasteiger partial charge in [0.15, 0.2) is 0 Å². The minimum absolute atomic E-state index is 0.0567. The molecule has 2 aromatic carbocycles. The zero-order valence-electron chi connectivity index (χ0n) is 16.4. The molecule has 0 saturated carbocycles. The van der Waals surface area contributed by atoms with Crippen molar-refractivity contribution in [3.05, 3.63) is 71.8 Å². The summed E-state index contributed by atoms with van der Waals surface area (Å²) in [5.74, 6) is -0.636. The number of hydrogen-bond donors (Lipinski definition) is 2. The van der Waals surface area contributed by atoms with Crippen molar-refractivity contribution >= 4 is 17.7 Å². The molecule has 0 aromatic heterocycles. The van der Waals surface area contributed by atoms with Gasteiger partial charge in [0.25, 0.3) is 5.91 Å². The molecular formula is C22H27N3O3. The van der Waals surface area contributed by atoms with E-state index in [1.165, 1.54) is 0 Å². The number of hydrogen-bond acceptors (Lipinski definition) is 3. The van der Waals surface area contributed by atoms with E-state index in [2.05, 4.69) is 10.6 Å². The minimum atomic E-state index is -0.339. The molecule has 0 radical (unpaired) electrons. The number of benzene rings is 2. The Morgan fingerprint density at radius 2 is 1.57 bits per heavy atom. The summed E-state index contributed by atoms with van der Waals surface area (Å²) in [6.45, 7) is 4.68. The molecule has 28 heavy (non-hydrogen) atoms. The summed E-state index contributed by atoms with van der Waals surface area (Å²) in [6, 6.07) is 18.2. The molecule has 0 heterocycles. The molecule has 0 aliphatic rings. The largest absolute Gasteiger partial charge is 0.349 e. The lowest BCUT2D eigenvalue weighted by Crippen LogP contribution is -2.42. The van der Waals surface area contributed by atoms with Crippen LogP contribution in [0, 0.1) is 0 Å². The van der Waals surface area contributed by atoms with Crippen molar-refractivity contribution in [1.82, 2.24) is 15.5 Å². The van der Waals surface area contributed by atoms with E-state index in [0.717, 1.165) is 5.56 Å². The fraction of sp³-hybridized carbons (Fsp3) is 0.318. The van der Waals surface area contributed by atoms with Crippen molar-refractivity contribution in [3.8, 4) is 0 Å². The molecule has 6 heteroatoms. The Kier molecular flexibility index (Phi) is 8.21. The van der Waals surface area contributed by atoms with Crippen LogP contribution in [-0.4, -0.2) is 41.8 Å². The summed E-state index contributed by atoms with van der Waals surface area (Å²) in [6.07, 6.45) is 0.108. The van der Waals surface area contributed by atoms with E-state index >= 15 is 0 Å². The fourth-order valence-electron chi connectivity index (χ4n) is 2.76. The number of nitrogens with zero attached hydrogens (tertiary/aromatic N) is 1. The second-order valence-electron chi connectivity index (χ2n) is 6.61. The van der Waals surface area contributed by atoms with Gasteiger partial charge in [-0.05, 0) is 31.5 Å². The number of carbonyl (C=O) groups excluding carboxylic acids is 3. The van der Waals surface area contributed by atoms with Crippen molar-refractivity contribution < 1.29 is 14.4 Å². The normalized spacial score (nSPS) is 11.4. The van der Waals surface area contributed by atoms with E-state index < -0.39 is 0 Å². The Balaban J connectivity index is 1.75. The molecule has 3 amide bonds. The molecule has 6 nitrogen and oxygen atoms in total. The van der Waals surface area contributed by atoms with Crippen molar-refractivity contribution in [1.29, 1.82) is 0 Å². The van der Waals surface area contributed by atoms with Crippen molar-refractivity contribution in [2.24, 2.45) is 0 Å². The fourth-order valence-corrected chi connectivity index (χ4v) is 2.76. The molecule has 1 unspecified atom stereocenters. The number of carbonyl (C=O) groups is 3. The van der Waals surface area contributed by atoms with Gasteiger partial charge in [0.05, 0.1) is 6.54 Å². The Morgan fingerprint density at radius 3 is 2.18 bits per heavy atom. The molecule has 0 spiro atoms. The molecule has 1 atom stereocenters. The van der Waals surface area contributed by atoms with E-state index in [1.807, 2.05) is 43.3 Å². The first kappa shape index (κ1) is 21.2. The topological polar surface area (TPSA) is 78.5 Å². The van der Waals surface area contributed by atoms with E-state index in [1.54, 1.807) is 36.1 Å². The van der Waals surface area contributed by atoms with Crippen LogP contribution in [0.5, 0.6) is 0 Å². The number of likely N-dealkylation sites (N-methyl/N-ethyl adjacent to an activating group) is 1. The third kappa shape index (κ3) is 6.87. The van der Waals surface area contributed by atoms with Crippen molar-refractivity contribution in [3.63, 3.8) is 0 Å². The minimum Gasteiger partial charge on any atom is -0.349 e. The average Bonchev–Trinajstić information content (AvgIpc) is 2.71. The first-order valence-electron chi connectivity index (χ1n) is 9.44. The maximum Gasteiger partial charge on any atom is 0.251 e. The van der Waals surface area contributed by atoms with Gasteiger partial charge in [-0.2, -0.15) is 0 Å². The van der Waals surface area contributed by atoms with Crippen LogP contribution in [0.4, 0.5) is 0 Å². The molecule has 0 aliphatic carbocycles. The second kappa shape index (κ2) is 10.9. The summed E-state index contributed by atoms with van der Waals surface area (Å²) in [4.78, 5) is 38.3. The number of rotatable bonds is 9. The van der Waals surface area contributed by atoms with Crippen LogP contribution in [0.1, 0.15) is 36.2 Å². The Hall–Kier alpha value is -3.15. The van der Waals surface area contributed by atoms with Crippen LogP contribution < -0.4 is 10.6 Å². The van der Waals surface area contributed by atoms with Gasteiger partial charge in [-0.25, -0.2) is 0 Å². The predicted octanol–water partition coefficient (Wildman–Crippen LogP) is 2.36. The van der Waals surface area contributed by atoms with Crippen LogP contribution in [-0.2, 0) is 16.1 Å². The number of amides is 3. The molecule has 2 rings (SSSR count). The lowest BCUT2D eigenvalue weighted by molar-refractivity contribution is -0.133. The summed E-state index contributed by atoms with van der Waals surface area (Å²) < 4.78 is 0. The van der Waals surface area contributed by atoms with E-state index in [-0.39, 0.29) is 36.7 Å². The molecule has 0 bridgehead atoms. The number of nitrogens with one attached hydrogen (secondary N) is 2. The monoisotopic (exact) mass is 381 g/mol. The highest BCUT2D eigenvalue weighted by molar-refractivity contribution is 5.94. The predicted molar refractivity (Wildman–Crippen MR) is 109 cm³/mol. The molecule has 2 aromatic rings. The smallest absolute Gasteiger partial charge is 0.251 e. The van der Waals surface area contributed by atoms with Crippen LogP contribution in [0.25, 0.3) is 0 Å². The lowest BCUT2D eigenvalue weighted by atomic mass is 10.1. The zero-order chi connectivity index (χ0) is 20.4. The highest BCUT2D eigenvalue weighted by Crippen LogP contribution is 2.04. The van der Waals surface area contributed by atoms with Gasteiger partial charge in [0, 0.05) is 31.1 Å². The maximum atomic E-state index is 12.4. The second-order valence-corrected chi connectivity index (χ2v) is 6.61. The highest BCUT2D eigenvalue weighted by Gasteiger charge is 2.16. The molecule has 2 N–H and O–H groups in total. The first-order chi connectivity index (χ1) is 13.5. The van der Waals surface area contributed by atoms with E-state index in [9.17, 15) is 14.4 Å². The SMILES string of the molecule is CCN(Cc1ccccc1)C(=O)CNC(=O)CC(C)NC(=O)c1ccccc1. The van der Waals surface area contributed by atoms with Gasteiger partial charge in [-0.15, -0.1) is 0 Å². The Morgan fingerprint density at radius 1 is 0.964 bits per heavy atom. The van der Waals surface area contributed by atoms with Crippen LogP contribution in [0.15, 0.2) is 60.7 Å². The summed E-state index contributed by atoms with van der Waals surface area (Å²) in [5.41, 5.74) is 1.59. The quantitative estimate of drug-likeness (QED) is 0.700. The molecule has 0 saturated heterocycles. The van der Waals surface area contributed by atoms with E-state index in [0.29, 0.717) is 18.7 Å². The Bertz CT molecular complexity index is 778. The lowest BCUT2D eigenvalue weighted by Gasteiger charge is -2.21. The third-order valence-corrected chi connectivity index (χ3v) is 4.29. The first-order valence-corrected chi connectivity index (χ1v) is 9.44. The van der Waals surface area contributed by atoms with E-state index in [4.69, 9.17) is 0 Å².